The molecule has 0 N–H and O–H groups in total. The predicted octanol–water partition coefficient (Wildman–Crippen LogP) is 12.1. The van der Waals surface area contributed by atoms with Crippen LogP contribution in [0.15, 0.2) is 147 Å². The van der Waals surface area contributed by atoms with Crippen molar-refractivity contribution in [2.75, 3.05) is 0 Å². The van der Waals surface area contributed by atoms with Gasteiger partial charge in [-0.3, -0.25) is 0 Å². The molecule has 0 heteroatoms. The smallest absolute Gasteiger partial charge is 0.00609 e. The zero-order valence-corrected chi connectivity index (χ0v) is 25.7. The van der Waals surface area contributed by atoms with Crippen molar-refractivity contribution in [1.29, 1.82) is 0 Å². The van der Waals surface area contributed by atoms with Crippen LogP contribution in [0.5, 0.6) is 0 Å². The molecule has 7 aromatic rings. The van der Waals surface area contributed by atoms with Gasteiger partial charge in [-0.15, -0.1) is 0 Å². The van der Waals surface area contributed by atoms with Crippen LogP contribution in [-0.4, -0.2) is 0 Å². The van der Waals surface area contributed by atoms with E-state index < -0.39 is 0 Å². The third-order valence-corrected chi connectivity index (χ3v) is 10.1. The fourth-order valence-corrected chi connectivity index (χ4v) is 7.94. The molecule has 0 nitrogen and oxygen atoms in total. The second-order valence-electron chi connectivity index (χ2n) is 12.4. The predicted molar refractivity (Wildman–Crippen MR) is 199 cm³/mol. The Kier molecular flexibility index (Phi) is 6.05. The first-order valence-electron chi connectivity index (χ1n) is 16.1. The van der Waals surface area contributed by atoms with Gasteiger partial charge in [0.1, 0.15) is 0 Å². The Morgan fingerprint density at radius 2 is 0.913 bits per heavy atom. The highest BCUT2D eigenvalue weighted by atomic mass is 14.3. The Hall–Kier alpha value is -5.72. The van der Waals surface area contributed by atoms with Crippen molar-refractivity contribution >= 4 is 55.6 Å². The molecule has 46 heavy (non-hydrogen) atoms. The average Bonchev–Trinajstić information content (AvgIpc) is 3.13. The number of hydrogen-bond acceptors (Lipinski definition) is 0. The third-order valence-electron chi connectivity index (χ3n) is 10.1. The SMILES string of the molecule is C=Cc1c(C=C)c2cc(-c3ccc(C4=CCc5ccc6c7c(ccc4c57)CC=C6c4ccccc4)cc3)ccc2c2ccccc12. The number of allylic oxidation sites excluding steroid dienone is 2. The summed E-state index contributed by atoms with van der Waals surface area (Å²) >= 11 is 0. The molecule has 0 aromatic heterocycles. The first kappa shape index (κ1) is 26.7. The molecule has 9 rings (SSSR count). The highest BCUT2D eigenvalue weighted by Gasteiger charge is 2.23. The Balaban J connectivity index is 1.13. The number of benzene rings is 7. The van der Waals surface area contributed by atoms with Crippen LogP contribution in [0.25, 0.3) is 66.7 Å². The van der Waals surface area contributed by atoms with Crippen LogP contribution in [0, 0.1) is 0 Å². The van der Waals surface area contributed by atoms with Gasteiger partial charge in [0.25, 0.3) is 0 Å². The Bertz CT molecular complexity index is 2470. The standard InChI is InChI=1S/C46H32/c1-3-35-36(4-2)44-28-34(22-25-41(44)40-13-9-8-12-39(35)40)29-14-16-31(17-15-29)38-24-19-33-20-26-42-37(30-10-6-5-7-11-30)23-18-32-21-27-43(38)46(33)45(32)42/h3-17,20-28H,1-2,18-19H2. The molecular formula is C46H32. The van der Waals surface area contributed by atoms with Crippen LogP contribution >= 0.6 is 0 Å². The van der Waals surface area contributed by atoms with Crippen LogP contribution in [0.4, 0.5) is 0 Å². The molecule has 0 amide bonds. The maximum absolute atomic E-state index is 4.18. The lowest BCUT2D eigenvalue weighted by molar-refractivity contribution is 1.23. The quantitative estimate of drug-likeness (QED) is 0.177. The van der Waals surface area contributed by atoms with Crippen molar-refractivity contribution in [2.45, 2.75) is 12.8 Å². The summed E-state index contributed by atoms with van der Waals surface area (Å²) in [6.45, 7) is 8.32. The minimum Gasteiger partial charge on any atom is -0.0984 e. The Labute approximate surface area is 270 Å². The van der Waals surface area contributed by atoms with E-state index in [-0.39, 0.29) is 0 Å². The van der Waals surface area contributed by atoms with Gasteiger partial charge in [0, 0.05) is 0 Å². The van der Waals surface area contributed by atoms with Crippen molar-refractivity contribution in [1.82, 2.24) is 0 Å². The molecule has 0 saturated heterocycles. The lowest BCUT2D eigenvalue weighted by atomic mass is 9.78. The summed E-state index contributed by atoms with van der Waals surface area (Å²) in [5.74, 6) is 0. The maximum Gasteiger partial charge on any atom is -0.00609 e. The van der Waals surface area contributed by atoms with Crippen molar-refractivity contribution in [3.8, 4) is 11.1 Å². The van der Waals surface area contributed by atoms with Crippen LogP contribution < -0.4 is 0 Å². The summed E-state index contributed by atoms with van der Waals surface area (Å²) in [6.07, 6.45) is 10.7. The van der Waals surface area contributed by atoms with E-state index in [2.05, 4.69) is 147 Å². The van der Waals surface area contributed by atoms with Gasteiger partial charge in [0.15, 0.2) is 0 Å². The number of rotatable bonds is 5. The monoisotopic (exact) mass is 584 g/mol. The van der Waals surface area contributed by atoms with Crippen LogP contribution in [-0.2, 0) is 12.8 Å². The van der Waals surface area contributed by atoms with Gasteiger partial charge in [-0.05, 0) is 118 Å². The van der Waals surface area contributed by atoms with Crippen LogP contribution in [0.3, 0.4) is 0 Å². The fraction of sp³-hybridized carbons (Fsp3) is 0.0435. The van der Waals surface area contributed by atoms with Gasteiger partial charge in [-0.25, -0.2) is 0 Å². The second kappa shape index (κ2) is 10.4. The van der Waals surface area contributed by atoms with E-state index in [1.165, 1.54) is 88.0 Å². The molecule has 0 radical (unpaired) electrons. The fourth-order valence-electron chi connectivity index (χ4n) is 7.94. The van der Waals surface area contributed by atoms with Crippen molar-refractivity contribution < 1.29 is 0 Å². The highest BCUT2D eigenvalue weighted by Crippen LogP contribution is 2.44. The number of hydrogen-bond donors (Lipinski definition) is 0. The normalized spacial score (nSPS) is 13.5. The molecule has 0 spiro atoms. The van der Waals surface area contributed by atoms with Crippen molar-refractivity contribution in [2.24, 2.45) is 0 Å². The molecule has 0 saturated carbocycles. The summed E-state index contributed by atoms with van der Waals surface area (Å²) in [7, 11) is 0. The van der Waals surface area contributed by atoms with Gasteiger partial charge >= 0.3 is 0 Å². The molecule has 0 aliphatic heterocycles. The third kappa shape index (κ3) is 3.93. The van der Waals surface area contributed by atoms with Crippen LogP contribution in [0.2, 0.25) is 0 Å². The maximum atomic E-state index is 4.18. The summed E-state index contributed by atoms with van der Waals surface area (Å²) in [6, 6.07) is 44.8. The first-order chi connectivity index (χ1) is 22.7. The van der Waals surface area contributed by atoms with Gasteiger partial charge in [-0.2, -0.15) is 0 Å². The molecule has 2 aliphatic rings. The van der Waals surface area contributed by atoms with E-state index in [1.54, 1.807) is 0 Å². The second-order valence-corrected chi connectivity index (χ2v) is 12.4. The summed E-state index contributed by atoms with van der Waals surface area (Å²) in [4.78, 5) is 0. The molecule has 2 aliphatic carbocycles. The van der Waals surface area contributed by atoms with Gasteiger partial charge in [0.05, 0.1) is 0 Å². The molecule has 0 fully saturated rings. The Morgan fingerprint density at radius 3 is 1.54 bits per heavy atom. The summed E-state index contributed by atoms with van der Waals surface area (Å²) in [5.41, 5.74) is 15.5. The van der Waals surface area contributed by atoms with E-state index in [4.69, 9.17) is 0 Å². The van der Waals surface area contributed by atoms with Gasteiger partial charge in [0.2, 0.25) is 0 Å². The van der Waals surface area contributed by atoms with E-state index in [1.807, 2.05) is 12.2 Å². The van der Waals surface area contributed by atoms with E-state index in [0.717, 1.165) is 24.0 Å². The minimum absolute atomic E-state index is 0.948. The Morgan fingerprint density at radius 1 is 0.413 bits per heavy atom. The largest absolute Gasteiger partial charge is 0.0984 e. The molecule has 7 aromatic carbocycles. The zero-order valence-electron chi connectivity index (χ0n) is 25.7. The molecule has 0 bridgehead atoms. The van der Waals surface area contributed by atoms with Crippen molar-refractivity contribution in [3.05, 3.63) is 191 Å². The molecule has 0 heterocycles. The molecule has 0 unspecified atom stereocenters. The molecule has 0 atom stereocenters. The van der Waals surface area contributed by atoms with E-state index in [0.29, 0.717) is 0 Å². The van der Waals surface area contributed by atoms with Crippen LogP contribution in [0.1, 0.15) is 44.5 Å². The summed E-state index contributed by atoms with van der Waals surface area (Å²) < 4.78 is 0. The molecular weight excluding hydrogens is 553 g/mol. The first-order valence-corrected chi connectivity index (χ1v) is 16.1. The van der Waals surface area contributed by atoms with E-state index >= 15 is 0 Å². The summed E-state index contributed by atoms with van der Waals surface area (Å²) in [5, 5.41) is 7.77. The van der Waals surface area contributed by atoms with Gasteiger partial charge < -0.3 is 0 Å². The molecule has 216 valence electrons. The number of fused-ring (bicyclic) bond motifs is 3. The lowest BCUT2D eigenvalue weighted by Gasteiger charge is -2.26. The van der Waals surface area contributed by atoms with E-state index in [9.17, 15) is 0 Å². The lowest BCUT2D eigenvalue weighted by Crippen LogP contribution is -2.06. The minimum atomic E-state index is 0.948. The topological polar surface area (TPSA) is 0 Å². The highest BCUT2D eigenvalue weighted by molar-refractivity contribution is 6.15. The average molecular weight is 585 g/mol. The van der Waals surface area contributed by atoms with Crippen molar-refractivity contribution in [3.63, 3.8) is 0 Å². The zero-order chi connectivity index (χ0) is 30.8. The van der Waals surface area contributed by atoms with Gasteiger partial charge in [-0.1, -0.05) is 153 Å².